The van der Waals surface area contributed by atoms with Gasteiger partial charge in [-0.25, -0.2) is 0 Å². The Kier molecular flexibility index (Phi) is 7.06. The number of hydrogen-bond acceptors (Lipinski definition) is 3. The molecular formula is C17H27NO2. The van der Waals surface area contributed by atoms with Crippen molar-refractivity contribution in [3.8, 4) is 0 Å². The van der Waals surface area contributed by atoms with Gasteiger partial charge in [-0.2, -0.15) is 0 Å². The van der Waals surface area contributed by atoms with E-state index in [1.807, 2.05) is 6.07 Å². The average molecular weight is 277 g/mol. The van der Waals surface area contributed by atoms with Crippen molar-refractivity contribution in [2.75, 3.05) is 19.7 Å². The van der Waals surface area contributed by atoms with Gasteiger partial charge in [0.15, 0.2) is 0 Å². The Balaban J connectivity index is 1.50. The molecule has 1 aromatic rings. The lowest BCUT2D eigenvalue weighted by Gasteiger charge is -2.23. The highest BCUT2D eigenvalue weighted by molar-refractivity contribution is 5.14. The summed E-state index contributed by atoms with van der Waals surface area (Å²) in [5.41, 5.74) is 1.33. The number of ether oxygens (including phenoxy) is 1. The number of rotatable bonds is 8. The zero-order chi connectivity index (χ0) is 14.0. The van der Waals surface area contributed by atoms with Gasteiger partial charge >= 0.3 is 0 Å². The molecule has 2 N–H and O–H groups in total. The van der Waals surface area contributed by atoms with Crippen molar-refractivity contribution in [3.05, 3.63) is 35.9 Å². The minimum Gasteiger partial charge on any atom is -0.389 e. The minimum atomic E-state index is -0.396. The normalized spacial score (nSPS) is 18.1. The van der Waals surface area contributed by atoms with Crippen LogP contribution in [-0.2, 0) is 11.2 Å². The lowest BCUT2D eigenvalue weighted by Crippen LogP contribution is -2.33. The maximum Gasteiger partial charge on any atom is 0.0897 e. The monoisotopic (exact) mass is 277 g/mol. The molecule has 1 atom stereocenters. The highest BCUT2D eigenvalue weighted by Crippen LogP contribution is 2.20. The van der Waals surface area contributed by atoms with E-state index in [2.05, 4.69) is 29.6 Å². The quantitative estimate of drug-likeness (QED) is 0.718. The van der Waals surface area contributed by atoms with Gasteiger partial charge in [0.1, 0.15) is 0 Å². The van der Waals surface area contributed by atoms with Crippen molar-refractivity contribution in [2.45, 2.75) is 50.7 Å². The van der Waals surface area contributed by atoms with E-state index in [0.29, 0.717) is 19.3 Å². The van der Waals surface area contributed by atoms with E-state index >= 15 is 0 Å². The molecule has 0 saturated heterocycles. The van der Waals surface area contributed by atoms with Gasteiger partial charge < -0.3 is 15.2 Å². The molecule has 0 amide bonds. The van der Waals surface area contributed by atoms with Crippen LogP contribution in [0, 0.1) is 0 Å². The van der Waals surface area contributed by atoms with Gasteiger partial charge in [0.05, 0.1) is 18.8 Å². The predicted octanol–water partition coefficient (Wildman–Crippen LogP) is 2.53. The summed E-state index contributed by atoms with van der Waals surface area (Å²) in [7, 11) is 0. The summed E-state index contributed by atoms with van der Waals surface area (Å²) in [5, 5.41) is 13.2. The summed E-state index contributed by atoms with van der Waals surface area (Å²) in [6, 6.07) is 10.4. The standard InChI is InChI=1S/C17H27NO2/c19-16(14-20-17-9-5-2-6-10-17)13-18-12-11-15-7-3-1-4-8-15/h1,3-4,7-8,16-19H,2,5-6,9-14H2. The van der Waals surface area contributed by atoms with Gasteiger partial charge in [-0.1, -0.05) is 49.6 Å². The van der Waals surface area contributed by atoms with Gasteiger partial charge in [0.25, 0.3) is 0 Å². The van der Waals surface area contributed by atoms with Crippen LogP contribution in [0.5, 0.6) is 0 Å². The second-order valence-electron chi connectivity index (χ2n) is 5.69. The molecule has 0 radical (unpaired) electrons. The van der Waals surface area contributed by atoms with E-state index in [-0.39, 0.29) is 0 Å². The van der Waals surface area contributed by atoms with E-state index in [1.165, 1.54) is 24.8 Å². The van der Waals surface area contributed by atoms with E-state index in [4.69, 9.17) is 4.74 Å². The molecule has 3 heteroatoms. The van der Waals surface area contributed by atoms with Crippen molar-refractivity contribution in [3.63, 3.8) is 0 Å². The third kappa shape index (κ3) is 6.04. The van der Waals surface area contributed by atoms with Gasteiger partial charge in [0, 0.05) is 6.54 Å². The van der Waals surface area contributed by atoms with Gasteiger partial charge in [0.2, 0.25) is 0 Å². The maximum absolute atomic E-state index is 9.89. The Hall–Kier alpha value is -0.900. The molecule has 3 nitrogen and oxygen atoms in total. The summed E-state index contributed by atoms with van der Waals surface area (Å²) in [6.45, 7) is 1.97. The summed E-state index contributed by atoms with van der Waals surface area (Å²) in [5.74, 6) is 0. The lowest BCUT2D eigenvalue weighted by atomic mass is 9.98. The van der Waals surface area contributed by atoms with Gasteiger partial charge in [-0.05, 0) is 31.4 Å². The Labute approximate surface area is 122 Å². The second kappa shape index (κ2) is 9.11. The van der Waals surface area contributed by atoms with E-state index in [9.17, 15) is 5.11 Å². The highest BCUT2D eigenvalue weighted by Gasteiger charge is 2.15. The van der Waals surface area contributed by atoms with Crippen molar-refractivity contribution >= 4 is 0 Å². The third-order valence-corrected chi connectivity index (χ3v) is 3.89. The molecule has 112 valence electrons. The SMILES string of the molecule is OC(CNCCc1ccccc1)COC1CCCCC1. The van der Waals surface area contributed by atoms with Crippen molar-refractivity contribution in [1.29, 1.82) is 0 Å². The number of hydrogen-bond donors (Lipinski definition) is 2. The first kappa shape index (κ1) is 15.5. The smallest absolute Gasteiger partial charge is 0.0897 e. The predicted molar refractivity (Wildman–Crippen MR) is 81.8 cm³/mol. The molecule has 0 heterocycles. The first-order chi connectivity index (χ1) is 9.84. The number of benzene rings is 1. The van der Waals surface area contributed by atoms with Gasteiger partial charge in [-0.15, -0.1) is 0 Å². The Morgan fingerprint density at radius 2 is 1.90 bits per heavy atom. The fraction of sp³-hybridized carbons (Fsp3) is 0.647. The van der Waals surface area contributed by atoms with Crippen LogP contribution in [-0.4, -0.2) is 37.0 Å². The average Bonchev–Trinajstić information content (AvgIpc) is 2.52. The zero-order valence-corrected chi connectivity index (χ0v) is 12.3. The number of aliphatic hydroxyl groups excluding tert-OH is 1. The molecule has 0 aliphatic heterocycles. The highest BCUT2D eigenvalue weighted by atomic mass is 16.5. The molecule has 0 spiro atoms. The molecule has 1 aliphatic rings. The van der Waals surface area contributed by atoms with E-state index in [0.717, 1.165) is 25.8 Å². The van der Waals surface area contributed by atoms with Gasteiger partial charge in [-0.3, -0.25) is 0 Å². The second-order valence-corrected chi connectivity index (χ2v) is 5.69. The molecule has 1 fully saturated rings. The lowest BCUT2D eigenvalue weighted by molar-refractivity contribution is -0.0228. The van der Waals surface area contributed by atoms with E-state index in [1.54, 1.807) is 0 Å². The molecular weight excluding hydrogens is 250 g/mol. The fourth-order valence-electron chi connectivity index (χ4n) is 2.68. The van der Waals surface area contributed by atoms with E-state index < -0.39 is 6.10 Å². The molecule has 0 bridgehead atoms. The first-order valence-electron chi connectivity index (χ1n) is 7.89. The molecule has 20 heavy (non-hydrogen) atoms. The Morgan fingerprint density at radius 1 is 1.15 bits per heavy atom. The zero-order valence-electron chi connectivity index (χ0n) is 12.3. The first-order valence-corrected chi connectivity index (χ1v) is 7.89. The number of nitrogens with one attached hydrogen (secondary N) is 1. The molecule has 1 aliphatic carbocycles. The molecule has 2 rings (SSSR count). The largest absolute Gasteiger partial charge is 0.389 e. The molecule has 1 unspecified atom stereocenters. The van der Waals surface area contributed by atoms with Crippen LogP contribution in [0.3, 0.4) is 0 Å². The van der Waals surface area contributed by atoms with Crippen molar-refractivity contribution in [2.24, 2.45) is 0 Å². The fourth-order valence-corrected chi connectivity index (χ4v) is 2.68. The van der Waals surface area contributed by atoms with Crippen LogP contribution in [0.15, 0.2) is 30.3 Å². The van der Waals surface area contributed by atoms with Crippen LogP contribution in [0.4, 0.5) is 0 Å². The van der Waals surface area contributed by atoms with Crippen molar-refractivity contribution < 1.29 is 9.84 Å². The van der Waals surface area contributed by atoms with Crippen LogP contribution in [0.1, 0.15) is 37.7 Å². The third-order valence-electron chi connectivity index (χ3n) is 3.89. The molecule has 1 saturated carbocycles. The maximum atomic E-state index is 9.89. The number of aliphatic hydroxyl groups is 1. The van der Waals surface area contributed by atoms with Crippen LogP contribution in [0.25, 0.3) is 0 Å². The topological polar surface area (TPSA) is 41.5 Å². The van der Waals surface area contributed by atoms with Crippen LogP contribution in [0.2, 0.25) is 0 Å². The summed E-state index contributed by atoms with van der Waals surface area (Å²) in [4.78, 5) is 0. The summed E-state index contributed by atoms with van der Waals surface area (Å²) < 4.78 is 5.77. The van der Waals surface area contributed by atoms with Crippen LogP contribution < -0.4 is 5.32 Å². The molecule has 0 aromatic heterocycles. The Morgan fingerprint density at radius 3 is 2.65 bits per heavy atom. The van der Waals surface area contributed by atoms with Crippen molar-refractivity contribution in [1.82, 2.24) is 5.32 Å². The summed E-state index contributed by atoms with van der Waals surface area (Å²) >= 11 is 0. The molecule has 1 aromatic carbocycles. The Bertz CT molecular complexity index is 349. The van der Waals surface area contributed by atoms with Crippen LogP contribution >= 0.6 is 0 Å². The minimum absolute atomic E-state index is 0.378. The summed E-state index contributed by atoms with van der Waals surface area (Å²) in [6.07, 6.45) is 7.19.